The Morgan fingerprint density at radius 2 is 2.06 bits per heavy atom. The molecule has 3 heteroatoms. The zero-order valence-corrected chi connectivity index (χ0v) is 11.6. The van der Waals surface area contributed by atoms with Crippen molar-refractivity contribution in [1.29, 1.82) is 0 Å². The Morgan fingerprint density at radius 1 is 1.28 bits per heavy atom. The first kappa shape index (κ1) is 15.0. The van der Waals surface area contributed by atoms with Crippen LogP contribution in [0.4, 0.5) is 4.39 Å². The maximum Gasteiger partial charge on any atom is 0.165 e. The Morgan fingerprint density at radius 3 is 2.78 bits per heavy atom. The van der Waals surface area contributed by atoms with Crippen LogP contribution in [0.5, 0.6) is 5.75 Å². The highest BCUT2D eigenvalue weighted by Gasteiger charge is 2.02. The zero-order chi connectivity index (χ0) is 13.4. The summed E-state index contributed by atoms with van der Waals surface area (Å²) in [5.74, 6) is 0.809. The van der Waals surface area contributed by atoms with Gasteiger partial charge >= 0.3 is 0 Å². The predicted octanol–water partition coefficient (Wildman–Crippen LogP) is 3.54. The topological polar surface area (TPSA) is 21.3 Å². The number of benzene rings is 1. The van der Waals surface area contributed by atoms with Gasteiger partial charge in [0.15, 0.2) is 11.6 Å². The van der Waals surface area contributed by atoms with Crippen molar-refractivity contribution in [3.63, 3.8) is 0 Å². The first-order valence-corrected chi connectivity index (χ1v) is 6.69. The molecule has 102 valence electrons. The van der Waals surface area contributed by atoms with E-state index in [4.69, 9.17) is 4.74 Å². The minimum absolute atomic E-state index is 0.291. The fourth-order valence-electron chi connectivity index (χ4n) is 1.71. The molecule has 1 aromatic carbocycles. The Kier molecular flexibility index (Phi) is 6.73. The smallest absolute Gasteiger partial charge is 0.165 e. The van der Waals surface area contributed by atoms with Crippen LogP contribution in [0.3, 0.4) is 0 Å². The van der Waals surface area contributed by atoms with Crippen LogP contribution in [0, 0.1) is 18.7 Å². The highest BCUT2D eigenvalue weighted by molar-refractivity contribution is 5.29. The standard InChI is InChI=1S/C15H24FNO/c1-12(2)5-4-8-17-9-10-18-15-11-13(3)6-7-14(15)16/h6-7,11-12,17H,4-5,8-10H2,1-3H3. The van der Waals surface area contributed by atoms with Gasteiger partial charge < -0.3 is 10.1 Å². The van der Waals surface area contributed by atoms with Gasteiger partial charge in [-0.2, -0.15) is 0 Å². The van der Waals surface area contributed by atoms with E-state index in [1.165, 1.54) is 18.9 Å². The second-order valence-corrected chi connectivity index (χ2v) is 5.07. The fraction of sp³-hybridized carbons (Fsp3) is 0.600. The molecule has 0 aliphatic rings. The molecule has 0 aliphatic carbocycles. The van der Waals surface area contributed by atoms with E-state index >= 15 is 0 Å². The largest absolute Gasteiger partial charge is 0.489 e. The second kappa shape index (κ2) is 8.09. The Bertz CT molecular complexity index is 352. The van der Waals surface area contributed by atoms with Gasteiger partial charge in [-0.05, 0) is 49.9 Å². The van der Waals surface area contributed by atoms with Crippen molar-refractivity contribution in [2.45, 2.75) is 33.6 Å². The average Bonchev–Trinajstić information content (AvgIpc) is 2.32. The summed E-state index contributed by atoms with van der Waals surface area (Å²) in [5.41, 5.74) is 1.01. The maximum absolute atomic E-state index is 13.3. The van der Waals surface area contributed by atoms with Gasteiger partial charge in [0.05, 0.1) is 0 Å². The van der Waals surface area contributed by atoms with Crippen molar-refractivity contribution < 1.29 is 9.13 Å². The van der Waals surface area contributed by atoms with E-state index in [0.29, 0.717) is 12.4 Å². The van der Waals surface area contributed by atoms with Gasteiger partial charge in [-0.25, -0.2) is 4.39 Å². The first-order valence-electron chi connectivity index (χ1n) is 6.69. The minimum Gasteiger partial charge on any atom is -0.489 e. The summed E-state index contributed by atoms with van der Waals surface area (Å²) in [6, 6.07) is 4.92. The van der Waals surface area contributed by atoms with Gasteiger partial charge in [-0.1, -0.05) is 19.9 Å². The molecule has 18 heavy (non-hydrogen) atoms. The molecule has 0 saturated carbocycles. The first-order chi connectivity index (χ1) is 8.59. The van der Waals surface area contributed by atoms with Gasteiger partial charge in [0.2, 0.25) is 0 Å². The molecular weight excluding hydrogens is 229 g/mol. The molecule has 0 unspecified atom stereocenters. The summed E-state index contributed by atoms with van der Waals surface area (Å²) in [6.07, 6.45) is 2.41. The van der Waals surface area contributed by atoms with E-state index in [1.807, 2.05) is 6.92 Å². The van der Waals surface area contributed by atoms with Crippen LogP contribution in [0.25, 0.3) is 0 Å². The summed E-state index contributed by atoms with van der Waals surface area (Å²) in [6.45, 7) is 8.63. The van der Waals surface area contributed by atoms with Crippen LogP contribution in [0.2, 0.25) is 0 Å². The van der Waals surface area contributed by atoms with Gasteiger partial charge in [-0.15, -0.1) is 0 Å². The SMILES string of the molecule is Cc1ccc(F)c(OCCNCCCC(C)C)c1. The third kappa shape index (κ3) is 6.01. The van der Waals surface area contributed by atoms with Gasteiger partial charge in [0.1, 0.15) is 6.61 Å². The quantitative estimate of drug-likeness (QED) is 0.715. The van der Waals surface area contributed by atoms with Gasteiger partial charge in [0, 0.05) is 6.54 Å². The number of rotatable bonds is 8. The fourth-order valence-corrected chi connectivity index (χ4v) is 1.71. The highest BCUT2D eigenvalue weighted by atomic mass is 19.1. The molecule has 1 N–H and O–H groups in total. The number of nitrogens with one attached hydrogen (secondary N) is 1. The molecule has 0 fully saturated rings. The molecule has 1 rings (SSSR count). The number of hydrogen-bond donors (Lipinski definition) is 1. The Balaban J connectivity index is 2.12. The molecule has 0 saturated heterocycles. The molecule has 0 amide bonds. The van der Waals surface area contributed by atoms with E-state index in [1.54, 1.807) is 12.1 Å². The maximum atomic E-state index is 13.3. The Labute approximate surface area is 110 Å². The predicted molar refractivity (Wildman–Crippen MR) is 73.6 cm³/mol. The van der Waals surface area contributed by atoms with Crippen LogP contribution in [0.1, 0.15) is 32.3 Å². The van der Waals surface area contributed by atoms with Crippen molar-refractivity contribution in [3.8, 4) is 5.75 Å². The third-order valence-corrected chi connectivity index (χ3v) is 2.76. The van der Waals surface area contributed by atoms with Crippen LogP contribution in [-0.4, -0.2) is 19.7 Å². The second-order valence-electron chi connectivity index (χ2n) is 5.07. The van der Waals surface area contributed by atoms with Gasteiger partial charge in [0.25, 0.3) is 0 Å². The molecule has 0 spiro atoms. The third-order valence-electron chi connectivity index (χ3n) is 2.76. The van der Waals surface area contributed by atoms with Crippen molar-refractivity contribution >= 4 is 0 Å². The lowest BCUT2D eigenvalue weighted by Crippen LogP contribution is -2.22. The molecule has 0 aliphatic heterocycles. The van der Waals surface area contributed by atoms with Gasteiger partial charge in [-0.3, -0.25) is 0 Å². The molecule has 0 radical (unpaired) electrons. The van der Waals surface area contributed by atoms with E-state index in [9.17, 15) is 4.39 Å². The van der Waals surface area contributed by atoms with Crippen molar-refractivity contribution in [2.75, 3.05) is 19.7 Å². The summed E-state index contributed by atoms with van der Waals surface area (Å²) in [7, 11) is 0. The van der Waals surface area contributed by atoms with Crippen LogP contribution in [0.15, 0.2) is 18.2 Å². The number of aryl methyl sites for hydroxylation is 1. The summed E-state index contributed by atoms with van der Waals surface area (Å²) in [4.78, 5) is 0. The van der Waals surface area contributed by atoms with E-state index in [-0.39, 0.29) is 5.82 Å². The summed E-state index contributed by atoms with van der Waals surface area (Å²) >= 11 is 0. The summed E-state index contributed by atoms with van der Waals surface area (Å²) in [5, 5.41) is 3.30. The normalized spacial score (nSPS) is 10.9. The van der Waals surface area contributed by atoms with Crippen LogP contribution < -0.4 is 10.1 Å². The molecule has 0 atom stereocenters. The number of halogens is 1. The average molecular weight is 253 g/mol. The monoisotopic (exact) mass is 253 g/mol. The van der Waals surface area contributed by atoms with Crippen LogP contribution >= 0.6 is 0 Å². The molecule has 2 nitrogen and oxygen atoms in total. The highest BCUT2D eigenvalue weighted by Crippen LogP contribution is 2.17. The van der Waals surface area contributed by atoms with E-state index < -0.39 is 0 Å². The van der Waals surface area contributed by atoms with Crippen molar-refractivity contribution in [3.05, 3.63) is 29.6 Å². The van der Waals surface area contributed by atoms with E-state index in [0.717, 1.165) is 24.6 Å². The van der Waals surface area contributed by atoms with Crippen molar-refractivity contribution in [1.82, 2.24) is 5.32 Å². The Hall–Kier alpha value is -1.09. The lowest BCUT2D eigenvalue weighted by atomic mass is 10.1. The number of hydrogen-bond acceptors (Lipinski definition) is 2. The molecule has 0 aromatic heterocycles. The lowest BCUT2D eigenvalue weighted by molar-refractivity contribution is 0.298. The van der Waals surface area contributed by atoms with Crippen molar-refractivity contribution in [2.24, 2.45) is 5.92 Å². The minimum atomic E-state index is -0.291. The molecule has 0 heterocycles. The zero-order valence-electron chi connectivity index (χ0n) is 11.6. The number of ether oxygens (including phenoxy) is 1. The molecule has 1 aromatic rings. The molecular formula is C15H24FNO. The van der Waals surface area contributed by atoms with E-state index in [2.05, 4.69) is 19.2 Å². The van der Waals surface area contributed by atoms with Crippen LogP contribution in [-0.2, 0) is 0 Å². The lowest BCUT2D eigenvalue weighted by Gasteiger charge is -2.09. The summed E-state index contributed by atoms with van der Waals surface area (Å²) < 4.78 is 18.8. The molecule has 0 bridgehead atoms.